The fourth-order valence-electron chi connectivity index (χ4n) is 5.56. The van der Waals surface area contributed by atoms with Crippen molar-refractivity contribution in [1.29, 1.82) is 0 Å². The number of nitrogens with zero attached hydrogens (tertiary/aromatic N) is 1. The van der Waals surface area contributed by atoms with Gasteiger partial charge in [0, 0.05) is 29.4 Å². The van der Waals surface area contributed by atoms with Gasteiger partial charge in [0.2, 0.25) is 0 Å². The van der Waals surface area contributed by atoms with Gasteiger partial charge in [0.1, 0.15) is 5.82 Å². The summed E-state index contributed by atoms with van der Waals surface area (Å²) in [6.07, 6.45) is 10.4. The Bertz CT molecular complexity index is 1200. The highest BCUT2D eigenvalue weighted by molar-refractivity contribution is 5.94. The maximum Gasteiger partial charge on any atom is 0.251 e. The first kappa shape index (κ1) is 24.9. The van der Waals surface area contributed by atoms with Gasteiger partial charge in [-0.25, -0.2) is 4.39 Å². The predicted octanol–water partition coefficient (Wildman–Crippen LogP) is 6.60. The largest absolute Gasteiger partial charge is 0.352 e. The minimum atomic E-state index is -0.275. The van der Waals surface area contributed by atoms with E-state index in [1.165, 1.54) is 36.1 Å². The minimum Gasteiger partial charge on any atom is -0.352 e. The summed E-state index contributed by atoms with van der Waals surface area (Å²) in [7, 11) is 0. The Hall–Kier alpha value is -3.19. The molecule has 1 N–H and O–H groups in total. The van der Waals surface area contributed by atoms with Gasteiger partial charge in [-0.3, -0.25) is 9.79 Å². The Balaban J connectivity index is 1.57. The van der Waals surface area contributed by atoms with Gasteiger partial charge in [0.25, 0.3) is 5.91 Å². The highest BCUT2D eigenvalue weighted by Crippen LogP contribution is 2.48. The smallest absolute Gasteiger partial charge is 0.251 e. The van der Waals surface area contributed by atoms with Crippen molar-refractivity contribution in [2.45, 2.75) is 64.7 Å². The third kappa shape index (κ3) is 6.48. The van der Waals surface area contributed by atoms with Crippen LogP contribution in [0.1, 0.15) is 86.3 Å². The molecular weight excluding hydrogens is 435 g/mol. The molecule has 4 rings (SSSR count). The van der Waals surface area contributed by atoms with Crippen molar-refractivity contribution in [2.24, 2.45) is 10.4 Å². The van der Waals surface area contributed by atoms with E-state index in [2.05, 4.69) is 55.1 Å². The van der Waals surface area contributed by atoms with E-state index >= 15 is 0 Å². The number of hydrogen-bond acceptors (Lipinski definition) is 2. The first-order chi connectivity index (χ1) is 16.7. The summed E-state index contributed by atoms with van der Waals surface area (Å²) in [5, 5.41) is 3.05. The van der Waals surface area contributed by atoms with E-state index < -0.39 is 0 Å². The summed E-state index contributed by atoms with van der Waals surface area (Å²) in [4.78, 5) is 17.1. The minimum absolute atomic E-state index is 0.000123. The molecule has 0 spiro atoms. The molecule has 2 aromatic carbocycles. The molecule has 1 fully saturated rings. The number of aliphatic imine (C=N–C) groups is 1. The number of allylic oxidation sites excluding steroid dienone is 1. The second kappa shape index (κ2) is 10.6. The molecule has 3 nitrogen and oxygen atoms in total. The summed E-state index contributed by atoms with van der Waals surface area (Å²) in [5.74, 6) is 6.16. The second-order valence-corrected chi connectivity index (χ2v) is 10.9. The van der Waals surface area contributed by atoms with Crippen LogP contribution < -0.4 is 5.32 Å². The lowest BCUT2D eigenvalue weighted by atomic mass is 9.61. The lowest BCUT2D eigenvalue weighted by Gasteiger charge is -2.43. The molecule has 35 heavy (non-hydrogen) atoms. The Labute approximate surface area is 208 Å². The van der Waals surface area contributed by atoms with Gasteiger partial charge in [0.05, 0.1) is 6.54 Å². The highest BCUT2D eigenvalue weighted by atomic mass is 19.1. The van der Waals surface area contributed by atoms with Crippen molar-refractivity contribution in [3.63, 3.8) is 0 Å². The molecule has 0 saturated heterocycles. The Morgan fingerprint density at radius 1 is 1.09 bits per heavy atom. The van der Waals surface area contributed by atoms with Gasteiger partial charge < -0.3 is 5.32 Å². The Morgan fingerprint density at radius 2 is 1.89 bits per heavy atom. The van der Waals surface area contributed by atoms with Gasteiger partial charge >= 0.3 is 0 Å². The molecule has 0 bridgehead atoms. The van der Waals surface area contributed by atoms with Crippen LogP contribution in [0.3, 0.4) is 0 Å². The van der Waals surface area contributed by atoms with Crippen molar-refractivity contribution in [3.05, 3.63) is 82.2 Å². The monoisotopic (exact) mass is 470 g/mol. The van der Waals surface area contributed by atoms with Crippen LogP contribution in [0.25, 0.3) is 0 Å². The summed E-state index contributed by atoms with van der Waals surface area (Å²) >= 11 is 0. The molecule has 2 aliphatic rings. The molecule has 1 atom stereocenters. The van der Waals surface area contributed by atoms with E-state index in [1.54, 1.807) is 12.1 Å². The van der Waals surface area contributed by atoms with Crippen molar-refractivity contribution >= 4 is 12.1 Å². The van der Waals surface area contributed by atoms with Gasteiger partial charge in [-0.05, 0) is 90.5 Å². The van der Waals surface area contributed by atoms with Crippen molar-refractivity contribution in [2.75, 3.05) is 13.1 Å². The number of nitrogens with one attached hydrogen (secondary N) is 1. The van der Waals surface area contributed by atoms with Crippen molar-refractivity contribution < 1.29 is 9.18 Å². The van der Waals surface area contributed by atoms with Crippen LogP contribution in [-0.4, -0.2) is 25.2 Å². The second-order valence-electron chi connectivity index (χ2n) is 10.9. The fraction of sp³-hybridized carbons (Fsp3) is 0.419. The van der Waals surface area contributed by atoms with Crippen LogP contribution in [0, 0.1) is 23.1 Å². The zero-order valence-electron chi connectivity index (χ0n) is 21.1. The summed E-state index contributed by atoms with van der Waals surface area (Å²) in [6, 6.07) is 12.2. The number of hydrogen-bond donors (Lipinski definition) is 1. The third-order valence-electron chi connectivity index (χ3n) is 7.21. The fourth-order valence-corrected chi connectivity index (χ4v) is 5.56. The molecule has 2 aromatic rings. The first-order valence-corrected chi connectivity index (χ1v) is 12.6. The van der Waals surface area contributed by atoms with Crippen molar-refractivity contribution in [3.8, 4) is 11.8 Å². The number of rotatable bonds is 6. The summed E-state index contributed by atoms with van der Waals surface area (Å²) < 4.78 is 13.3. The quantitative estimate of drug-likeness (QED) is 0.375. The molecule has 1 saturated carbocycles. The molecule has 4 heteroatoms. The predicted molar refractivity (Wildman–Crippen MR) is 141 cm³/mol. The molecular formula is C31H35FN2O. The van der Waals surface area contributed by atoms with Crippen LogP contribution in [-0.2, 0) is 5.41 Å². The lowest BCUT2D eigenvalue weighted by molar-refractivity contribution is 0.0953. The molecule has 1 heterocycles. The number of amides is 1. The van der Waals surface area contributed by atoms with E-state index in [-0.39, 0.29) is 22.6 Å². The summed E-state index contributed by atoms with van der Waals surface area (Å²) in [6.45, 7) is 8.39. The molecule has 0 aromatic heterocycles. The third-order valence-corrected chi connectivity index (χ3v) is 7.21. The Morgan fingerprint density at radius 3 is 2.60 bits per heavy atom. The van der Waals surface area contributed by atoms with E-state index in [4.69, 9.17) is 0 Å². The van der Waals surface area contributed by atoms with Crippen LogP contribution >= 0.6 is 0 Å². The van der Waals surface area contributed by atoms with Crippen LogP contribution in [0.5, 0.6) is 0 Å². The molecule has 1 amide bonds. The lowest BCUT2D eigenvalue weighted by Crippen LogP contribution is -2.35. The van der Waals surface area contributed by atoms with E-state index in [9.17, 15) is 9.18 Å². The molecule has 0 radical (unpaired) electrons. The summed E-state index contributed by atoms with van der Waals surface area (Å²) in [5.41, 5.74) is 4.97. The molecule has 182 valence electrons. The van der Waals surface area contributed by atoms with Crippen LogP contribution in [0.4, 0.5) is 4.39 Å². The maximum atomic E-state index is 13.3. The number of carbonyl (C=O) groups excluding carboxylic acids is 1. The van der Waals surface area contributed by atoms with Crippen LogP contribution in [0.2, 0.25) is 0 Å². The molecule has 1 aliphatic carbocycles. The van der Waals surface area contributed by atoms with Gasteiger partial charge in [-0.1, -0.05) is 51.2 Å². The van der Waals surface area contributed by atoms with E-state index in [0.29, 0.717) is 12.1 Å². The van der Waals surface area contributed by atoms with E-state index in [0.717, 1.165) is 43.4 Å². The average Bonchev–Trinajstić information content (AvgIpc) is 3.34. The van der Waals surface area contributed by atoms with Crippen LogP contribution in [0.15, 0.2) is 59.1 Å². The molecule has 1 unspecified atom stereocenters. The van der Waals surface area contributed by atoms with Gasteiger partial charge in [-0.2, -0.15) is 0 Å². The number of carbonyl (C=O) groups is 1. The van der Waals surface area contributed by atoms with Crippen molar-refractivity contribution in [1.82, 2.24) is 5.32 Å². The average molecular weight is 471 g/mol. The van der Waals surface area contributed by atoms with E-state index in [1.807, 2.05) is 18.3 Å². The topological polar surface area (TPSA) is 41.5 Å². The maximum absolute atomic E-state index is 13.3. The van der Waals surface area contributed by atoms with Gasteiger partial charge in [-0.15, -0.1) is 0 Å². The zero-order chi connectivity index (χ0) is 24.9. The zero-order valence-corrected chi connectivity index (χ0v) is 21.1. The number of halogens is 1. The Kier molecular flexibility index (Phi) is 7.55. The normalized spacial score (nSPS) is 20.6. The standard InChI is InChI=1S/C31H35FN2O/c1-30(2)16-5-17-31(3,22-30)28-14-11-26(29(35)34-18-4-6-24-15-19-33-21-24)20-25(28)10-7-23-8-12-27(32)13-9-23/h8-9,11-15,20-21H,4-6,16-19,22H2,1-3H3,(H,34,35). The highest BCUT2D eigenvalue weighted by Gasteiger charge is 2.38. The number of benzene rings is 2. The first-order valence-electron chi connectivity index (χ1n) is 12.6. The van der Waals surface area contributed by atoms with Gasteiger partial charge in [0.15, 0.2) is 0 Å². The SMILES string of the molecule is CC1(C)CCCC(C)(c2ccc(C(=O)NCCCC3=CCN=C3)cc2C#Cc2ccc(F)cc2)C1. The molecule has 1 aliphatic heterocycles.